The molecule has 1 amide bonds. The van der Waals surface area contributed by atoms with E-state index in [-0.39, 0.29) is 16.4 Å². The normalized spacial score (nSPS) is 20.1. The fourth-order valence-electron chi connectivity index (χ4n) is 2.62. The topological polar surface area (TPSA) is 29.1 Å². The van der Waals surface area contributed by atoms with E-state index < -0.39 is 17.5 Å². The van der Waals surface area contributed by atoms with Crippen molar-refractivity contribution in [2.75, 3.05) is 0 Å². The summed E-state index contributed by atoms with van der Waals surface area (Å²) in [4.78, 5) is 12.3. The molecule has 1 aliphatic carbocycles. The van der Waals surface area contributed by atoms with Crippen LogP contribution < -0.4 is 5.32 Å². The van der Waals surface area contributed by atoms with Gasteiger partial charge in [-0.3, -0.25) is 4.79 Å². The van der Waals surface area contributed by atoms with Crippen LogP contribution >= 0.6 is 15.9 Å². The van der Waals surface area contributed by atoms with Gasteiger partial charge < -0.3 is 5.32 Å². The van der Waals surface area contributed by atoms with E-state index >= 15 is 0 Å². The summed E-state index contributed by atoms with van der Waals surface area (Å²) in [5.41, 5.74) is 2.18. The number of rotatable bonds is 2. The minimum atomic E-state index is -0.762. The van der Waals surface area contributed by atoms with E-state index in [9.17, 15) is 13.6 Å². The Kier molecular flexibility index (Phi) is 3.76. The summed E-state index contributed by atoms with van der Waals surface area (Å²) in [6, 6.07) is 10.4. The number of benzene rings is 2. The molecule has 0 bridgehead atoms. The standard InChI is InChI=1S/C16H12BrF2NO/c17-14-7-9-3-1-2-4-13(9)15(14)20-16(21)10-5-11(18)8-12(19)6-10/h1-6,8,14-15H,7H2,(H,20,21). The number of alkyl halides is 1. The van der Waals surface area contributed by atoms with E-state index in [0.717, 1.165) is 35.7 Å². The van der Waals surface area contributed by atoms with Crippen molar-refractivity contribution in [1.82, 2.24) is 5.32 Å². The average molecular weight is 352 g/mol. The van der Waals surface area contributed by atoms with Crippen molar-refractivity contribution < 1.29 is 13.6 Å². The maximum atomic E-state index is 13.2. The zero-order valence-electron chi connectivity index (χ0n) is 10.9. The molecule has 21 heavy (non-hydrogen) atoms. The Labute approximate surface area is 129 Å². The summed E-state index contributed by atoms with van der Waals surface area (Å²) in [6.45, 7) is 0. The van der Waals surface area contributed by atoms with Gasteiger partial charge >= 0.3 is 0 Å². The zero-order chi connectivity index (χ0) is 15.0. The molecule has 2 unspecified atom stereocenters. The van der Waals surface area contributed by atoms with Gasteiger partial charge in [0, 0.05) is 16.5 Å². The fourth-order valence-corrected chi connectivity index (χ4v) is 3.39. The van der Waals surface area contributed by atoms with Crippen molar-refractivity contribution in [3.63, 3.8) is 0 Å². The minimum absolute atomic E-state index is 0.0171. The largest absolute Gasteiger partial charge is 0.344 e. The summed E-state index contributed by atoms with van der Waals surface area (Å²) in [6.07, 6.45) is 0.804. The lowest BCUT2D eigenvalue weighted by Gasteiger charge is -2.17. The van der Waals surface area contributed by atoms with E-state index in [4.69, 9.17) is 0 Å². The minimum Gasteiger partial charge on any atom is -0.344 e. The van der Waals surface area contributed by atoms with Crippen molar-refractivity contribution in [2.24, 2.45) is 0 Å². The molecule has 3 rings (SSSR count). The van der Waals surface area contributed by atoms with Crippen LogP contribution in [0.4, 0.5) is 8.78 Å². The third-order valence-electron chi connectivity index (χ3n) is 3.58. The average Bonchev–Trinajstić information content (AvgIpc) is 2.74. The van der Waals surface area contributed by atoms with Gasteiger partial charge in [-0.05, 0) is 29.7 Å². The Balaban J connectivity index is 1.85. The zero-order valence-corrected chi connectivity index (χ0v) is 12.5. The highest BCUT2D eigenvalue weighted by molar-refractivity contribution is 9.09. The van der Waals surface area contributed by atoms with Crippen LogP contribution in [0.25, 0.3) is 0 Å². The molecule has 0 fully saturated rings. The molecule has 2 atom stereocenters. The van der Waals surface area contributed by atoms with Gasteiger partial charge in [0.2, 0.25) is 0 Å². The van der Waals surface area contributed by atoms with Crippen molar-refractivity contribution in [3.8, 4) is 0 Å². The SMILES string of the molecule is O=C(NC1c2ccccc2CC1Br)c1cc(F)cc(F)c1. The molecule has 1 aliphatic rings. The molecule has 1 N–H and O–H groups in total. The molecular weight excluding hydrogens is 340 g/mol. The summed E-state index contributed by atoms with van der Waals surface area (Å²) < 4.78 is 26.4. The Morgan fingerprint density at radius 3 is 2.52 bits per heavy atom. The maximum Gasteiger partial charge on any atom is 0.252 e. The van der Waals surface area contributed by atoms with Gasteiger partial charge in [0.15, 0.2) is 0 Å². The lowest BCUT2D eigenvalue weighted by Crippen LogP contribution is -2.31. The second kappa shape index (κ2) is 5.56. The number of carbonyl (C=O) groups excluding carboxylic acids is 1. The number of amides is 1. The molecule has 5 heteroatoms. The van der Waals surface area contributed by atoms with Crippen LogP contribution in [0.15, 0.2) is 42.5 Å². The van der Waals surface area contributed by atoms with E-state index in [1.807, 2.05) is 24.3 Å². The molecular formula is C16H12BrF2NO. The lowest BCUT2D eigenvalue weighted by atomic mass is 10.1. The van der Waals surface area contributed by atoms with Gasteiger partial charge in [-0.15, -0.1) is 0 Å². The van der Waals surface area contributed by atoms with Gasteiger partial charge in [0.25, 0.3) is 5.91 Å². The second-order valence-electron chi connectivity index (χ2n) is 5.03. The van der Waals surface area contributed by atoms with Crippen LogP contribution in [0.2, 0.25) is 0 Å². The van der Waals surface area contributed by atoms with E-state index in [0.29, 0.717) is 0 Å². The van der Waals surface area contributed by atoms with Crippen LogP contribution in [0.5, 0.6) is 0 Å². The highest BCUT2D eigenvalue weighted by Crippen LogP contribution is 2.35. The third kappa shape index (κ3) is 2.83. The van der Waals surface area contributed by atoms with E-state index in [2.05, 4.69) is 21.2 Å². The summed E-state index contributed by atoms with van der Waals surface area (Å²) in [5, 5.41) is 2.84. The van der Waals surface area contributed by atoms with Crippen LogP contribution in [0, 0.1) is 11.6 Å². The first-order valence-electron chi connectivity index (χ1n) is 6.53. The number of carbonyl (C=O) groups is 1. The smallest absolute Gasteiger partial charge is 0.252 e. The number of halogens is 3. The highest BCUT2D eigenvalue weighted by atomic mass is 79.9. The number of hydrogen-bond donors (Lipinski definition) is 1. The molecule has 0 spiro atoms. The van der Waals surface area contributed by atoms with Gasteiger partial charge in [-0.1, -0.05) is 40.2 Å². The Morgan fingerprint density at radius 2 is 1.81 bits per heavy atom. The van der Waals surface area contributed by atoms with E-state index in [1.165, 1.54) is 0 Å². The molecule has 2 nitrogen and oxygen atoms in total. The molecule has 0 heterocycles. The molecule has 2 aromatic rings. The maximum absolute atomic E-state index is 13.2. The molecule has 0 saturated heterocycles. The molecule has 0 aromatic heterocycles. The Hall–Kier alpha value is -1.75. The number of hydrogen-bond acceptors (Lipinski definition) is 1. The Morgan fingerprint density at radius 1 is 1.14 bits per heavy atom. The van der Waals surface area contributed by atoms with Crippen LogP contribution in [-0.2, 0) is 6.42 Å². The quantitative estimate of drug-likeness (QED) is 0.820. The highest BCUT2D eigenvalue weighted by Gasteiger charge is 2.31. The fraction of sp³-hybridized carbons (Fsp3) is 0.188. The summed E-state index contributed by atoms with van der Waals surface area (Å²) >= 11 is 3.55. The van der Waals surface area contributed by atoms with Crippen LogP contribution in [0.3, 0.4) is 0 Å². The van der Waals surface area contributed by atoms with Crippen LogP contribution in [0.1, 0.15) is 27.5 Å². The first-order chi connectivity index (χ1) is 10.0. The molecule has 0 radical (unpaired) electrons. The molecule has 0 aliphatic heterocycles. The first-order valence-corrected chi connectivity index (χ1v) is 7.45. The third-order valence-corrected chi connectivity index (χ3v) is 4.43. The van der Waals surface area contributed by atoms with Crippen molar-refractivity contribution >= 4 is 21.8 Å². The van der Waals surface area contributed by atoms with Gasteiger partial charge in [-0.2, -0.15) is 0 Å². The molecule has 0 saturated carbocycles. The Bertz CT molecular complexity index is 684. The lowest BCUT2D eigenvalue weighted by molar-refractivity contribution is 0.0937. The predicted molar refractivity (Wildman–Crippen MR) is 79.4 cm³/mol. The molecule has 108 valence electrons. The van der Waals surface area contributed by atoms with Crippen molar-refractivity contribution in [3.05, 3.63) is 70.8 Å². The van der Waals surface area contributed by atoms with Crippen molar-refractivity contribution in [1.29, 1.82) is 0 Å². The van der Waals surface area contributed by atoms with Crippen molar-refractivity contribution in [2.45, 2.75) is 17.3 Å². The second-order valence-corrected chi connectivity index (χ2v) is 6.20. The van der Waals surface area contributed by atoms with E-state index in [1.54, 1.807) is 0 Å². The number of nitrogens with one attached hydrogen (secondary N) is 1. The van der Waals surface area contributed by atoms with Gasteiger partial charge in [-0.25, -0.2) is 8.78 Å². The monoisotopic (exact) mass is 351 g/mol. The summed E-state index contributed by atoms with van der Waals surface area (Å²) in [5.74, 6) is -2.01. The van der Waals surface area contributed by atoms with Gasteiger partial charge in [0.1, 0.15) is 11.6 Å². The van der Waals surface area contributed by atoms with Gasteiger partial charge in [0.05, 0.1) is 6.04 Å². The summed E-state index contributed by atoms with van der Waals surface area (Å²) in [7, 11) is 0. The first kappa shape index (κ1) is 14.2. The molecule has 2 aromatic carbocycles. The predicted octanol–water partition coefficient (Wildman–Crippen LogP) is 3.76. The number of fused-ring (bicyclic) bond motifs is 1. The van der Waals surface area contributed by atoms with Crippen LogP contribution in [-0.4, -0.2) is 10.7 Å².